The first-order valence-corrected chi connectivity index (χ1v) is 5.39. The first kappa shape index (κ1) is 8.40. The average molecular weight is 178 g/mol. The van der Waals surface area contributed by atoms with Crippen LogP contribution in [0.4, 0.5) is 0 Å². The third kappa shape index (κ3) is 1.19. The average Bonchev–Trinajstić information content (AvgIpc) is 1.58. The van der Waals surface area contributed by atoms with Crippen molar-refractivity contribution in [1.29, 1.82) is 0 Å². The molecule has 0 heterocycles. The molecule has 0 aliphatic heterocycles. The zero-order valence-electron chi connectivity index (χ0n) is 5.67. The van der Waals surface area contributed by atoms with Crippen LogP contribution in [0.2, 0.25) is 0 Å². The Morgan fingerprint density at radius 1 is 1.60 bits per heavy atom. The summed E-state index contributed by atoms with van der Waals surface area (Å²) in [6.45, 7) is 1.95. The highest BCUT2D eigenvalue weighted by Crippen LogP contribution is 2.42. The highest BCUT2D eigenvalue weighted by atomic mass is 35.7. The van der Waals surface area contributed by atoms with E-state index in [9.17, 15) is 8.42 Å². The van der Waals surface area contributed by atoms with Crippen LogP contribution in [0.25, 0.3) is 0 Å². The Bertz CT molecular complexity index is 230. The zero-order valence-corrected chi connectivity index (χ0v) is 7.24. The molecule has 0 N–H and O–H groups in total. The Labute approximate surface area is 66.8 Å². The van der Waals surface area contributed by atoms with E-state index >= 15 is 0 Å². The molecule has 2 nitrogen and oxygen atoms in total. The first-order chi connectivity index (χ1) is 4.35. The van der Waals surface area contributed by atoms with Crippen LogP contribution >= 0.6 is 10.7 Å². The van der Waals surface area contributed by atoms with E-state index in [0.717, 1.165) is 0 Å². The highest BCUT2D eigenvalue weighted by molar-refractivity contribution is 8.15. The lowest BCUT2D eigenvalue weighted by Crippen LogP contribution is -2.47. The maximum atomic E-state index is 10.7. The predicted octanol–water partition coefficient (Wildman–Crippen LogP) is 0.850. The second kappa shape index (κ2) is 2.14. The summed E-state index contributed by atoms with van der Waals surface area (Å²) in [7, 11) is 6.99. The van der Waals surface area contributed by atoms with Gasteiger partial charge in [0.25, 0.3) is 0 Å². The summed E-state index contributed by atoms with van der Waals surface area (Å²) >= 11 is 0. The molecular formula is C5H8BClO2S. The maximum Gasteiger partial charge on any atom is 0.229 e. The van der Waals surface area contributed by atoms with Gasteiger partial charge in [0.2, 0.25) is 9.05 Å². The second-order valence-electron chi connectivity index (χ2n) is 3.02. The van der Waals surface area contributed by atoms with E-state index < -0.39 is 13.7 Å². The van der Waals surface area contributed by atoms with E-state index in [1.807, 2.05) is 6.92 Å². The molecular weight excluding hydrogens is 170 g/mol. The van der Waals surface area contributed by atoms with Gasteiger partial charge < -0.3 is 0 Å². The molecule has 1 aliphatic rings. The predicted molar refractivity (Wildman–Crippen MR) is 41.7 cm³/mol. The maximum absolute atomic E-state index is 10.7. The second-order valence-corrected chi connectivity index (χ2v) is 5.92. The number of hydrogen-bond acceptors (Lipinski definition) is 2. The summed E-state index contributed by atoms with van der Waals surface area (Å²) in [5, 5.41) is 0. The molecule has 0 aromatic heterocycles. The van der Waals surface area contributed by atoms with Gasteiger partial charge in [0, 0.05) is 15.3 Å². The third-order valence-corrected chi connectivity index (χ3v) is 4.10. The Morgan fingerprint density at radius 3 is 2.10 bits per heavy atom. The van der Waals surface area contributed by atoms with E-state index in [1.165, 1.54) is 0 Å². The molecule has 0 saturated heterocycles. The van der Waals surface area contributed by atoms with Crippen LogP contribution in [0.15, 0.2) is 0 Å². The van der Waals surface area contributed by atoms with Crippen molar-refractivity contribution in [3.63, 3.8) is 0 Å². The van der Waals surface area contributed by atoms with Crippen LogP contribution in [0.3, 0.4) is 0 Å². The molecule has 2 radical (unpaired) electrons. The smallest absolute Gasteiger partial charge is 0.212 e. The van der Waals surface area contributed by atoms with Crippen molar-refractivity contribution in [1.82, 2.24) is 0 Å². The van der Waals surface area contributed by atoms with Gasteiger partial charge in [-0.3, -0.25) is 0 Å². The molecule has 0 aromatic rings. The number of rotatable bonds is 1. The molecule has 1 aliphatic carbocycles. The monoisotopic (exact) mass is 178 g/mol. The van der Waals surface area contributed by atoms with Crippen LogP contribution in [0, 0.1) is 5.92 Å². The minimum absolute atomic E-state index is 0.388. The molecule has 5 heteroatoms. The van der Waals surface area contributed by atoms with Gasteiger partial charge in [-0.1, -0.05) is 6.92 Å². The summed E-state index contributed by atoms with van der Waals surface area (Å²) in [4.78, 5) is 0. The van der Waals surface area contributed by atoms with Crippen molar-refractivity contribution >= 4 is 27.6 Å². The van der Waals surface area contributed by atoms with Gasteiger partial charge in [0.05, 0.1) is 7.85 Å². The fourth-order valence-electron chi connectivity index (χ4n) is 1.32. The lowest BCUT2D eigenvalue weighted by Gasteiger charge is -2.41. The van der Waals surface area contributed by atoms with Gasteiger partial charge in [0.15, 0.2) is 0 Å². The van der Waals surface area contributed by atoms with Gasteiger partial charge in [-0.15, -0.1) is 0 Å². The van der Waals surface area contributed by atoms with Crippen molar-refractivity contribution in [2.75, 3.05) is 0 Å². The first-order valence-electron chi connectivity index (χ1n) is 3.08. The largest absolute Gasteiger partial charge is 0.229 e. The summed E-state index contributed by atoms with van der Waals surface area (Å²) in [5.74, 6) is 0.388. The molecule has 0 spiro atoms. The molecule has 10 heavy (non-hydrogen) atoms. The van der Waals surface area contributed by atoms with Crippen molar-refractivity contribution < 1.29 is 8.42 Å². The quantitative estimate of drug-likeness (QED) is 0.441. The molecule has 56 valence electrons. The van der Waals surface area contributed by atoms with Crippen LogP contribution in [-0.4, -0.2) is 20.9 Å². The van der Waals surface area contributed by atoms with Crippen molar-refractivity contribution in [3.8, 4) is 0 Å². The van der Waals surface area contributed by atoms with Crippen molar-refractivity contribution in [2.24, 2.45) is 5.92 Å². The Morgan fingerprint density at radius 2 is 2.00 bits per heavy atom. The van der Waals surface area contributed by atoms with Crippen molar-refractivity contribution in [2.45, 2.75) is 24.4 Å². The van der Waals surface area contributed by atoms with Gasteiger partial charge in [-0.05, 0) is 18.8 Å². The van der Waals surface area contributed by atoms with Crippen LogP contribution in [-0.2, 0) is 9.05 Å². The number of hydrogen-bond donors (Lipinski definition) is 0. The molecule has 0 aromatic carbocycles. The van der Waals surface area contributed by atoms with E-state index in [2.05, 4.69) is 0 Å². The fourth-order valence-corrected chi connectivity index (χ4v) is 2.66. The lowest BCUT2D eigenvalue weighted by atomic mass is 9.64. The Kier molecular flexibility index (Phi) is 1.80. The minimum Gasteiger partial charge on any atom is -0.212 e. The van der Waals surface area contributed by atoms with Gasteiger partial charge in [-0.2, -0.15) is 0 Å². The van der Waals surface area contributed by atoms with Gasteiger partial charge in [0.1, 0.15) is 0 Å². The number of halogens is 1. The summed E-state index contributed by atoms with van der Waals surface area (Å²) in [6, 6.07) is 0. The minimum atomic E-state index is -3.55. The summed E-state index contributed by atoms with van der Waals surface area (Å²) in [6.07, 6.45) is 0.970. The highest BCUT2D eigenvalue weighted by Gasteiger charge is 2.46. The van der Waals surface area contributed by atoms with Crippen LogP contribution in [0.5, 0.6) is 0 Å². The van der Waals surface area contributed by atoms with Gasteiger partial charge >= 0.3 is 0 Å². The van der Waals surface area contributed by atoms with E-state index in [0.29, 0.717) is 18.8 Å². The fraction of sp³-hybridized carbons (Fsp3) is 1.00. The SMILES string of the molecule is [B]C1(S(=O)(=O)Cl)CC(C)C1. The Balaban J connectivity index is 2.76. The van der Waals surface area contributed by atoms with E-state index in [4.69, 9.17) is 18.5 Å². The summed E-state index contributed by atoms with van der Waals surface area (Å²) in [5.41, 5.74) is 0. The van der Waals surface area contributed by atoms with Crippen LogP contribution < -0.4 is 0 Å². The van der Waals surface area contributed by atoms with Crippen LogP contribution in [0.1, 0.15) is 19.8 Å². The van der Waals surface area contributed by atoms with E-state index in [1.54, 1.807) is 0 Å². The van der Waals surface area contributed by atoms with Crippen molar-refractivity contribution in [3.05, 3.63) is 0 Å². The molecule has 0 unspecified atom stereocenters. The topological polar surface area (TPSA) is 34.1 Å². The third-order valence-electron chi connectivity index (χ3n) is 1.87. The van der Waals surface area contributed by atoms with E-state index in [-0.39, 0.29) is 0 Å². The lowest BCUT2D eigenvalue weighted by molar-refractivity contribution is 0.314. The molecule has 1 rings (SSSR count). The molecule has 0 bridgehead atoms. The summed E-state index contributed by atoms with van der Waals surface area (Å²) < 4.78 is 20.3. The standard InChI is InChI=1S/C5H8BClO2S/c1-4-2-5(6,3-4)10(7,8)9/h4H,2-3H2,1H3. The normalized spacial score (nSPS) is 40.8. The molecule has 1 fully saturated rings. The molecule has 1 saturated carbocycles. The Hall–Kier alpha value is 0.305. The zero-order chi connectivity index (χ0) is 7.99. The molecule has 0 amide bonds. The van der Waals surface area contributed by atoms with Gasteiger partial charge in [-0.25, -0.2) is 8.42 Å². The molecule has 0 atom stereocenters.